The monoisotopic (exact) mass is 752 g/mol. The molecule has 0 aliphatic carbocycles. The maximum Gasteiger partial charge on any atom is 0.141 e. The molecular formula is C51H69N5. The molecule has 3 heterocycles. The van der Waals surface area contributed by atoms with Gasteiger partial charge in [0.05, 0.1) is 0 Å². The Balaban J connectivity index is 1.59. The lowest BCUT2D eigenvalue weighted by atomic mass is 10.0. The normalized spacial score (nSPS) is 11.6. The van der Waals surface area contributed by atoms with Crippen molar-refractivity contribution in [3.05, 3.63) is 126 Å². The molecule has 5 nitrogen and oxygen atoms in total. The summed E-state index contributed by atoms with van der Waals surface area (Å²) in [5, 5.41) is 0. The quantitative estimate of drug-likeness (QED) is 0.0705. The van der Waals surface area contributed by atoms with Gasteiger partial charge in [-0.3, -0.25) is 9.80 Å². The summed E-state index contributed by atoms with van der Waals surface area (Å²) in [4.78, 5) is 20.6. The van der Waals surface area contributed by atoms with E-state index in [2.05, 4.69) is 168 Å². The van der Waals surface area contributed by atoms with Crippen LogP contribution in [0.5, 0.6) is 0 Å². The molecule has 5 aromatic rings. The minimum Gasteiger partial charge on any atom is -0.279 e. The number of rotatable bonds is 22. The summed E-state index contributed by atoms with van der Waals surface area (Å²) in [6, 6.07) is 37.3. The fourth-order valence-corrected chi connectivity index (χ4v) is 7.40. The van der Waals surface area contributed by atoms with Crippen LogP contribution in [0.1, 0.15) is 129 Å². The predicted molar refractivity (Wildman–Crippen MR) is 240 cm³/mol. The SMILES string of the molecule is CC(C)CCCc1cccc(N(c2cccc(CCCC(C)C)n2)c2cccc(N(c3cccc(CCCC(C)C)c3)c3cccc(CCCC(C)C)n3)n2)c1. The molecule has 5 rings (SSSR count). The van der Waals surface area contributed by atoms with Crippen molar-refractivity contribution in [3.8, 4) is 0 Å². The highest BCUT2D eigenvalue weighted by Gasteiger charge is 2.21. The maximum absolute atomic E-state index is 5.51. The third-order valence-corrected chi connectivity index (χ3v) is 10.5. The topological polar surface area (TPSA) is 45.2 Å². The minimum atomic E-state index is 0.680. The Labute approximate surface area is 340 Å². The molecule has 0 bridgehead atoms. The van der Waals surface area contributed by atoms with Gasteiger partial charge in [0.2, 0.25) is 0 Å². The minimum absolute atomic E-state index is 0.680. The van der Waals surface area contributed by atoms with Crippen LogP contribution in [0.2, 0.25) is 0 Å². The zero-order valence-electron chi connectivity index (χ0n) is 35.8. The van der Waals surface area contributed by atoms with E-state index in [0.29, 0.717) is 23.7 Å². The van der Waals surface area contributed by atoms with Crippen molar-refractivity contribution >= 4 is 34.6 Å². The molecule has 0 N–H and O–H groups in total. The second-order valence-electron chi connectivity index (χ2n) is 17.5. The van der Waals surface area contributed by atoms with Crippen molar-refractivity contribution < 1.29 is 0 Å². The molecule has 0 saturated carbocycles. The summed E-state index contributed by atoms with van der Waals surface area (Å²) >= 11 is 0. The van der Waals surface area contributed by atoms with Gasteiger partial charge in [0.25, 0.3) is 0 Å². The molecule has 3 aromatic heterocycles. The summed E-state index contributed by atoms with van der Waals surface area (Å²) in [6.45, 7) is 18.4. The van der Waals surface area contributed by atoms with Crippen LogP contribution in [0.25, 0.3) is 0 Å². The Morgan fingerprint density at radius 2 is 0.696 bits per heavy atom. The Bertz CT molecular complexity index is 1660. The van der Waals surface area contributed by atoms with Gasteiger partial charge in [-0.2, -0.15) is 0 Å². The van der Waals surface area contributed by atoms with Gasteiger partial charge >= 0.3 is 0 Å². The van der Waals surface area contributed by atoms with E-state index in [1.807, 2.05) is 0 Å². The van der Waals surface area contributed by atoms with E-state index in [-0.39, 0.29) is 0 Å². The summed E-state index contributed by atoms with van der Waals surface area (Å²) < 4.78 is 0. The molecule has 0 saturated heterocycles. The second-order valence-corrected chi connectivity index (χ2v) is 17.5. The van der Waals surface area contributed by atoms with Gasteiger partial charge in [0.15, 0.2) is 0 Å². The molecular weight excluding hydrogens is 683 g/mol. The summed E-state index contributed by atoms with van der Waals surface area (Å²) in [6.07, 6.45) is 13.5. The van der Waals surface area contributed by atoms with E-state index in [9.17, 15) is 0 Å². The van der Waals surface area contributed by atoms with Crippen LogP contribution in [0.4, 0.5) is 34.6 Å². The van der Waals surface area contributed by atoms with Gasteiger partial charge < -0.3 is 0 Å². The van der Waals surface area contributed by atoms with Crippen molar-refractivity contribution in [1.82, 2.24) is 15.0 Å². The smallest absolute Gasteiger partial charge is 0.141 e. The van der Waals surface area contributed by atoms with Crippen molar-refractivity contribution in [2.24, 2.45) is 23.7 Å². The van der Waals surface area contributed by atoms with Crippen LogP contribution < -0.4 is 9.80 Å². The molecule has 2 aromatic carbocycles. The van der Waals surface area contributed by atoms with Crippen LogP contribution in [-0.2, 0) is 25.7 Å². The molecule has 0 aliphatic rings. The lowest BCUT2D eigenvalue weighted by molar-refractivity contribution is 0.553. The average molecular weight is 752 g/mol. The molecule has 0 amide bonds. The third-order valence-electron chi connectivity index (χ3n) is 10.5. The van der Waals surface area contributed by atoms with E-state index in [0.717, 1.165) is 84.6 Å². The van der Waals surface area contributed by atoms with Crippen LogP contribution >= 0.6 is 0 Å². The van der Waals surface area contributed by atoms with Crippen molar-refractivity contribution in [2.75, 3.05) is 9.80 Å². The predicted octanol–water partition coefficient (Wildman–Crippen LogP) is 14.7. The molecule has 0 spiro atoms. The zero-order chi connectivity index (χ0) is 39.9. The highest BCUT2D eigenvalue weighted by molar-refractivity contribution is 5.77. The number of hydrogen-bond acceptors (Lipinski definition) is 5. The van der Waals surface area contributed by atoms with E-state index in [1.54, 1.807) is 0 Å². The van der Waals surface area contributed by atoms with Crippen LogP contribution in [0, 0.1) is 23.7 Å². The van der Waals surface area contributed by atoms with Gasteiger partial charge in [-0.05, 0) is 147 Å². The Morgan fingerprint density at radius 1 is 0.375 bits per heavy atom. The van der Waals surface area contributed by atoms with Crippen LogP contribution in [-0.4, -0.2) is 15.0 Å². The van der Waals surface area contributed by atoms with Gasteiger partial charge in [0, 0.05) is 22.8 Å². The first-order chi connectivity index (χ1) is 27.0. The summed E-state index contributed by atoms with van der Waals surface area (Å²) in [5.74, 6) is 6.20. The summed E-state index contributed by atoms with van der Waals surface area (Å²) in [5.41, 5.74) is 7.07. The number of aromatic nitrogens is 3. The molecule has 0 unspecified atom stereocenters. The van der Waals surface area contributed by atoms with E-state index in [1.165, 1.54) is 49.7 Å². The molecule has 0 atom stereocenters. The fourth-order valence-electron chi connectivity index (χ4n) is 7.40. The Morgan fingerprint density at radius 3 is 1.07 bits per heavy atom. The first-order valence-corrected chi connectivity index (χ1v) is 21.7. The lowest BCUT2D eigenvalue weighted by Gasteiger charge is -2.28. The zero-order valence-corrected chi connectivity index (χ0v) is 35.8. The standard InChI is InChI=1S/C51H69N5/c1-38(2)18-9-22-42-24-13-30-46(36-42)55(48-32-15-28-44(52-48)26-11-20-40(5)6)50-34-17-35-51(54-50)56(47-31-14-25-43(37-47)23-10-19-39(3)4)49-33-16-29-45(53-49)27-12-21-41(7)8/h13-17,24-25,28-41H,9-12,18-23,26-27H2,1-8H3. The number of hydrogen-bond donors (Lipinski definition) is 0. The Hall–Kier alpha value is -4.51. The molecule has 298 valence electrons. The molecule has 0 fully saturated rings. The molecule has 5 heteroatoms. The number of aryl methyl sites for hydroxylation is 4. The summed E-state index contributed by atoms with van der Waals surface area (Å²) in [7, 11) is 0. The largest absolute Gasteiger partial charge is 0.279 e. The highest BCUT2D eigenvalue weighted by atomic mass is 15.3. The maximum atomic E-state index is 5.51. The van der Waals surface area contributed by atoms with Gasteiger partial charge in [-0.1, -0.05) is 124 Å². The number of anilines is 6. The first-order valence-electron chi connectivity index (χ1n) is 21.7. The average Bonchev–Trinajstić information content (AvgIpc) is 3.16. The number of benzene rings is 2. The van der Waals surface area contributed by atoms with Crippen molar-refractivity contribution in [3.63, 3.8) is 0 Å². The van der Waals surface area contributed by atoms with E-state index in [4.69, 9.17) is 15.0 Å². The highest BCUT2D eigenvalue weighted by Crippen LogP contribution is 2.38. The number of nitrogens with zero attached hydrogens (tertiary/aromatic N) is 5. The lowest BCUT2D eigenvalue weighted by Crippen LogP contribution is -2.18. The molecule has 0 radical (unpaired) electrons. The fraction of sp³-hybridized carbons (Fsp3) is 0.471. The van der Waals surface area contributed by atoms with Crippen molar-refractivity contribution in [1.29, 1.82) is 0 Å². The molecule has 56 heavy (non-hydrogen) atoms. The van der Waals surface area contributed by atoms with Crippen LogP contribution in [0.3, 0.4) is 0 Å². The first kappa shape index (κ1) is 42.6. The van der Waals surface area contributed by atoms with Gasteiger partial charge in [-0.15, -0.1) is 0 Å². The van der Waals surface area contributed by atoms with E-state index < -0.39 is 0 Å². The van der Waals surface area contributed by atoms with E-state index >= 15 is 0 Å². The second kappa shape index (κ2) is 21.7. The van der Waals surface area contributed by atoms with Gasteiger partial charge in [0.1, 0.15) is 23.3 Å². The molecule has 0 aliphatic heterocycles. The number of pyridine rings is 3. The van der Waals surface area contributed by atoms with Crippen molar-refractivity contribution in [2.45, 2.75) is 132 Å². The Kier molecular flexibility index (Phi) is 16.5. The third kappa shape index (κ3) is 13.3. The van der Waals surface area contributed by atoms with Gasteiger partial charge in [-0.25, -0.2) is 15.0 Å². The van der Waals surface area contributed by atoms with Crippen LogP contribution in [0.15, 0.2) is 103 Å².